The monoisotopic (exact) mass is 222 g/mol. The van der Waals surface area contributed by atoms with Gasteiger partial charge in [0.25, 0.3) is 0 Å². The maximum atomic E-state index is 11.6. The Hall–Kier alpha value is -0.590. The van der Waals surface area contributed by atoms with Crippen LogP contribution in [0.25, 0.3) is 0 Å². The van der Waals surface area contributed by atoms with Crippen molar-refractivity contribution in [3.63, 3.8) is 0 Å². The summed E-state index contributed by atoms with van der Waals surface area (Å²) in [6.07, 6.45) is 16.2. The Kier molecular flexibility index (Phi) is 7.20. The summed E-state index contributed by atoms with van der Waals surface area (Å²) < 4.78 is 0. The highest BCUT2D eigenvalue weighted by Crippen LogP contribution is 2.15. The number of carbonyl (C=O) groups is 1. The Morgan fingerprint density at radius 3 is 2.50 bits per heavy atom. The van der Waals surface area contributed by atoms with Gasteiger partial charge < -0.3 is 0 Å². The van der Waals surface area contributed by atoms with E-state index in [4.69, 9.17) is 0 Å². The maximum absolute atomic E-state index is 11.6. The Morgan fingerprint density at radius 1 is 1.00 bits per heavy atom. The van der Waals surface area contributed by atoms with Crippen molar-refractivity contribution in [3.8, 4) is 0 Å². The number of hydrogen-bond acceptors (Lipinski definition) is 1. The molecular formula is C15H26O. The lowest BCUT2D eigenvalue weighted by molar-refractivity contribution is -0.119. The lowest BCUT2D eigenvalue weighted by atomic mass is 9.97. The van der Waals surface area contributed by atoms with E-state index in [2.05, 4.69) is 19.1 Å². The maximum Gasteiger partial charge on any atom is 0.133 e. The highest BCUT2D eigenvalue weighted by atomic mass is 16.1. The second-order valence-corrected chi connectivity index (χ2v) is 5.22. The summed E-state index contributed by atoms with van der Waals surface area (Å²) in [6.45, 7) is 2.19. The Labute approximate surface area is 100 Å². The van der Waals surface area contributed by atoms with Crippen molar-refractivity contribution < 1.29 is 4.79 Å². The lowest BCUT2D eigenvalue weighted by Crippen LogP contribution is -2.04. The van der Waals surface area contributed by atoms with Gasteiger partial charge in [0.15, 0.2) is 0 Å². The van der Waals surface area contributed by atoms with E-state index in [0.717, 1.165) is 25.7 Å². The highest BCUT2D eigenvalue weighted by Gasteiger charge is 2.07. The predicted octanol–water partition coefficient (Wildman–Crippen LogP) is 4.66. The normalized spacial score (nSPS) is 26.3. The molecule has 1 aliphatic carbocycles. The van der Waals surface area contributed by atoms with Crippen LogP contribution in [0.15, 0.2) is 12.2 Å². The SMILES string of the molecule is C[C@H]1CC=CCCCCCCCCC(=O)C1. The fourth-order valence-electron chi connectivity index (χ4n) is 2.31. The van der Waals surface area contributed by atoms with Crippen LogP contribution in [-0.2, 0) is 4.79 Å². The molecule has 0 fully saturated rings. The van der Waals surface area contributed by atoms with E-state index in [0.29, 0.717) is 11.7 Å². The summed E-state index contributed by atoms with van der Waals surface area (Å²) in [5, 5.41) is 0. The molecule has 0 saturated carbocycles. The van der Waals surface area contributed by atoms with Gasteiger partial charge in [-0.3, -0.25) is 4.79 Å². The molecular weight excluding hydrogens is 196 g/mol. The van der Waals surface area contributed by atoms with Gasteiger partial charge in [-0.15, -0.1) is 0 Å². The molecule has 0 radical (unpaired) electrons. The number of allylic oxidation sites excluding steroid dienone is 2. The molecule has 0 unspecified atom stereocenters. The predicted molar refractivity (Wildman–Crippen MR) is 69.5 cm³/mol. The average Bonchev–Trinajstić information content (AvgIpc) is 2.25. The lowest BCUT2D eigenvalue weighted by Gasteiger charge is -2.08. The van der Waals surface area contributed by atoms with Crippen LogP contribution in [0.1, 0.15) is 71.1 Å². The van der Waals surface area contributed by atoms with Crippen LogP contribution < -0.4 is 0 Å². The van der Waals surface area contributed by atoms with Gasteiger partial charge in [-0.2, -0.15) is 0 Å². The van der Waals surface area contributed by atoms with Gasteiger partial charge in [0.05, 0.1) is 0 Å². The van der Waals surface area contributed by atoms with Gasteiger partial charge in [-0.1, -0.05) is 44.8 Å². The van der Waals surface area contributed by atoms with Crippen molar-refractivity contribution in [2.75, 3.05) is 0 Å². The molecule has 1 aliphatic rings. The molecule has 1 rings (SSSR count). The number of Topliss-reactive ketones (excluding diaryl/α,β-unsaturated/α-hetero) is 1. The number of ketones is 1. The van der Waals surface area contributed by atoms with E-state index < -0.39 is 0 Å². The Bertz CT molecular complexity index is 217. The van der Waals surface area contributed by atoms with Gasteiger partial charge in [-0.05, 0) is 31.6 Å². The highest BCUT2D eigenvalue weighted by molar-refractivity contribution is 5.78. The number of hydrogen-bond donors (Lipinski definition) is 0. The van der Waals surface area contributed by atoms with E-state index in [1.807, 2.05) is 0 Å². The second-order valence-electron chi connectivity index (χ2n) is 5.22. The molecule has 1 nitrogen and oxygen atoms in total. The first-order valence-corrected chi connectivity index (χ1v) is 6.95. The molecule has 92 valence electrons. The van der Waals surface area contributed by atoms with E-state index >= 15 is 0 Å². The van der Waals surface area contributed by atoms with Gasteiger partial charge in [0, 0.05) is 12.8 Å². The van der Waals surface area contributed by atoms with Gasteiger partial charge in [0.2, 0.25) is 0 Å². The van der Waals surface area contributed by atoms with Crippen LogP contribution in [0.4, 0.5) is 0 Å². The molecule has 0 aromatic carbocycles. The molecule has 0 spiro atoms. The van der Waals surface area contributed by atoms with Crippen molar-refractivity contribution in [3.05, 3.63) is 12.2 Å². The molecule has 0 heterocycles. The van der Waals surface area contributed by atoms with Gasteiger partial charge in [-0.25, -0.2) is 0 Å². The summed E-state index contributed by atoms with van der Waals surface area (Å²) in [6, 6.07) is 0. The molecule has 0 saturated heterocycles. The van der Waals surface area contributed by atoms with Crippen LogP contribution in [0.2, 0.25) is 0 Å². The molecule has 0 N–H and O–H groups in total. The summed E-state index contributed by atoms with van der Waals surface area (Å²) in [5.41, 5.74) is 0. The zero-order chi connectivity index (χ0) is 11.6. The molecule has 0 bridgehead atoms. The van der Waals surface area contributed by atoms with E-state index in [-0.39, 0.29) is 0 Å². The summed E-state index contributed by atoms with van der Waals surface area (Å²) in [7, 11) is 0. The summed E-state index contributed by atoms with van der Waals surface area (Å²) in [5.74, 6) is 1.00. The number of carbonyl (C=O) groups excluding carboxylic acids is 1. The van der Waals surface area contributed by atoms with E-state index in [1.54, 1.807) is 0 Å². The summed E-state index contributed by atoms with van der Waals surface area (Å²) >= 11 is 0. The van der Waals surface area contributed by atoms with Crippen molar-refractivity contribution in [2.45, 2.75) is 71.1 Å². The quantitative estimate of drug-likeness (QED) is 0.545. The third-order valence-electron chi connectivity index (χ3n) is 3.36. The van der Waals surface area contributed by atoms with Crippen molar-refractivity contribution in [1.82, 2.24) is 0 Å². The van der Waals surface area contributed by atoms with Crippen molar-refractivity contribution in [2.24, 2.45) is 5.92 Å². The minimum atomic E-state index is 0.470. The third-order valence-corrected chi connectivity index (χ3v) is 3.36. The smallest absolute Gasteiger partial charge is 0.133 e. The minimum absolute atomic E-state index is 0.470. The van der Waals surface area contributed by atoms with Gasteiger partial charge in [0.1, 0.15) is 5.78 Å². The molecule has 1 heteroatoms. The molecule has 0 aliphatic heterocycles. The Morgan fingerprint density at radius 2 is 1.69 bits per heavy atom. The molecule has 0 aromatic heterocycles. The van der Waals surface area contributed by atoms with Crippen molar-refractivity contribution >= 4 is 5.78 Å². The second kappa shape index (κ2) is 8.55. The fraction of sp³-hybridized carbons (Fsp3) is 0.800. The Balaban J connectivity index is 2.33. The van der Waals surface area contributed by atoms with Gasteiger partial charge >= 0.3 is 0 Å². The standard InChI is InChI=1S/C15H26O/c1-14-11-9-7-5-3-2-4-6-8-10-12-15(16)13-14/h7,9,14H,2-6,8,10-13H2,1H3/t14-/m0/s1. The molecule has 0 aromatic rings. The molecule has 16 heavy (non-hydrogen) atoms. The largest absolute Gasteiger partial charge is 0.300 e. The average molecular weight is 222 g/mol. The van der Waals surface area contributed by atoms with Crippen molar-refractivity contribution in [1.29, 1.82) is 0 Å². The van der Waals surface area contributed by atoms with E-state index in [9.17, 15) is 4.79 Å². The fourth-order valence-corrected chi connectivity index (χ4v) is 2.31. The zero-order valence-electron chi connectivity index (χ0n) is 10.7. The third kappa shape index (κ3) is 6.81. The molecule has 0 amide bonds. The van der Waals surface area contributed by atoms with E-state index in [1.165, 1.54) is 38.5 Å². The first-order chi connectivity index (χ1) is 7.79. The van der Waals surface area contributed by atoms with Crippen LogP contribution >= 0.6 is 0 Å². The first kappa shape index (κ1) is 13.5. The minimum Gasteiger partial charge on any atom is -0.300 e. The van der Waals surface area contributed by atoms with Crippen LogP contribution in [0.5, 0.6) is 0 Å². The number of rotatable bonds is 0. The summed E-state index contributed by atoms with van der Waals surface area (Å²) in [4.78, 5) is 11.6. The van der Waals surface area contributed by atoms with Crippen LogP contribution in [0, 0.1) is 5.92 Å². The topological polar surface area (TPSA) is 17.1 Å². The van der Waals surface area contributed by atoms with Crippen LogP contribution in [-0.4, -0.2) is 5.78 Å². The first-order valence-electron chi connectivity index (χ1n) is 6.95. The van der Waals surface area contributed by atoms with Crippen LogP contribution in [0.3, 0.4) is 0 Å². The molecule has 1 atom stereocenters. The zero-order valence-corrected chi connectivity index (χ0v) is 10.7.